The van der Waals surface area contributed by atoms with Crippen molar-refractivity contribution in [2.75, 3.05) is 27.2 Å². The highest BCUT2D eigenvalue weighted by Crippen LogP contribution is 2.28. The van der Waals surface area contributed by atoms with Crippen molar-refractivity contribution < 1.29 is 14.0 Å². The first kappa shape index (κ1) is 16.4. The number of carbonyl (C=O) groups excluding carboxylic acids is 2. The molecule has 6 nitrogen and oxygen atoms in total. The van der Waals surface area contributed by atoms with Gasteiger partial charge >= 0.3 is 0 Å². The first-order valence-electron chi connectivity index (χ1n) is 7.42. The molecule has 1 aromatic carbocycles. The number of allylic oxidation sites excluding steroid dienone is 2. The highest BCUT2D eigenvalue weighted by Gasteiger charge is 2.32. The fourth-order valence-corrected chi connectivity index (χ4v) is 2.51. The number of Topliss-reactive ketones (excluding diaryl/α,β-unsaturated/α-hetero) is 1. The van der Waals surface area contributed by atoms with Gasteiger partial charge in [-0.15, -0.1) is 0 Å². The van der Waals surface area contributed by atoms with Gasteiger partial charge in [0.05, 0.1) is 5.70 Å². The molecule has 1 aromatic heterocycles. The van der Waals surface area contributed by atoms with Crippen LogP contribution in [0.5, 0.6) is 0 Å². The van der Waals surface area contributed by atoms with E-state index in [4.69, 9.17) is 16.0 Å². The number of ketones is 2. The molecule has 1 aliphatic carbocycles. The Balaban J connectivity index is 1.87. The fourth-order valence-electron chi connectivity index (χ4n) is 2.32. The third kappa shape index (κ3) is 3.25. The Bertz CT molecular complexity index is 839. The van der Waals surface area contributed by atoms with E-state index in [1.165, 1.54) is 6.08 Å². The summed E-state index contributed by atoms with van der Waals surface area (Å²) in [4.78, 5) is 30.8. The summed E-state index contributed by atoms with van der Waals surface area (Å²) in [7, 11) is 3.85. The predicted molar refractivity (Wildman–Crippen MR) is 90.2 cm³/mol. The lowest BCUT2D eigenvalue weighted by Gasteiger charge is -2.14. The molecule has 3 rings (SSSR count). The van der Waals surface area contributed by atoms with Crippen molar-refractivity contribution in [3.63, 3.8) is 0 Å². The van der Waals surface area contributed by atoms with Crippen molar-refractivity contribution in [1.29, 1.82) is 0 Å². The normalized spacial score (nSPS) is 13.9. The van der Waals surface area contributed by atoms with Gasteiger partial charge in [0, 0.05) is 29.8 Å². The molecule has 0 saturated carbocycles. The van der Waals surface area contributed by atoms with E-state index in [0.717, 1.165) is 6.54 Å². The number of rotatable bonds is 5. The van der Waals surface area contributed by atoms with Gasteiger partial charge in [0.25, 0.3) is 0 Å². The average molecular weight is 346 g/mol. The van der Waals surface area contributed by atoms with Gasteiger partial charge in [-0.05, 0) is 32.3 Å². The van der Waals surface area contributed by atoms with Crippen LogP contribution in [0, 0.1) is 0 Å². The van der Waals surface area contributed by atoms with Gasteiger partial charge in [-0.25, -0.2) is 4.98 Å². The van der Waals surface area contributed by atoms with Crippen LogP contribution in [-0.2, 0) is 0 Å². The summed E-state index contributed by atoms with van der Waals surface area (Å²) >= 11 is 5.96. The Kier molecular flexibility index (Phi) is 4.51. The van der Waals surface area contributed by atoms with Crippen molar-refractivity contribution >= 4 is 23.2 Å². The van der Waals surface area contributed by atoms with Gasteiger partial charge < -0.3 is 14.6 Å². The van der Waals surface area contributed by atoms with Gasteiger partial charge in [0.1, 0.15) is 0 Å². The zero-order valence-corrected chi connectivity index (χ0v) is 14.1. The van der Waals surface area contributed by atoms with E-state index >= 15 is 0 Å². The van der Waals surface area contributed by atoms with Crippen LogP contribution >= 0.6 is 11.6 Å². The first-order valence-corrected chi connectivity index (χ1v) is 7.79. The number of hydrogen-bond acceptors (Lipinski definition) is 6. The SMILES string of the molecule is CN(C)CCNC1=CC(=O)c2nc(-c3cccc(Cl)c3)oc2C1=O. The topological polar surface area (TPSA) is 75.4 Å². The molecule has 1 heterocycles. The summed E-state index contributed by atoms with van der Waals surface area (Å²) in [6, 6.07) is 6.88. The second-order valence-electron chi connectivity index (χ2n) is 5.69. The molecule has 7 heteroatoms. The number of aromatic nitrogens is 1. The van der Waals surface area contributed by atoms with E-state index in [1.54, 1.807) is 24.3 Å². The highest BCUT2D eigenvalue weighted by molar-refractivity contribution is 6.30. The quantitative estimate of drug-likeness (QED) is 0.897. The fraction of sp³-hybridized carbons (Fsp3) is 0.235. The van der Waals surface area contributed by atoms with Crippen LogP contribution in [0.2, 0.25) is 5.02 Å². The minimum Gasteiger partial charge on any atom is -0.432 e. The first-order chi connectivity index (χ1) is 11.5. The van der Waals surface area contributed by atoms with Crippen LogP contribution in [0.1, 0.15) is 21.0 Å². The van der Waals surface area contributed by atoms with Crippen LogP contribution in [0.15, 0.2) is 40.5 Å². The second kappa shape index (κ2) is 6.59. The van der Waals surface area contributed by atoms with Gasteiger partial charge in [-0.3, -0.25) is 9.59 Å². The number of fused-ring (bicyclic) bond motifs is 1. The molecule has 1 aliphatic rings. The summed E-state index contributed by atoms with van der Waals surface area (Å²) in [6.45, 7) is 1.28. The Morgan fingerprint density at radius 2 is 2.08 bits per heavy atom. The summed E-state index contributed by atoms with van der Waals surface area (Å²) in [6.07, 6.45) is 1.27. The maximum absolute atomic E-state index is 12.5. The Morgan fingerprint density at radius 1 is 1.29 bits per heavy atom. The van der Waals surface area contributed by atoms with E-state index < -0.39 is 0 Å². The van der Waals surface area contributed by atoms with E-state index in [-0.39, 0.29) is 34.6 Å². The third-order valence-corrected chi connectivity index (χ3v) is 3.77. The lowest BCUT2D eigenvalue weighted by atomic mass is 10.0. The Labute approximate surface area is 144 Å². The van der Waals surface area contributed by atoms with Crippen molar-refractivity contribution in [1.82, 2.24) is 15.2 Å². The van der Waals surface area contributed by atoms with Crippen molar-refractivity contribution in [3.05, 3.63) is 52.5 Å². The van der Waals surface area contributed by atoms with Gasteiger partial charge in [-0.2, -0.15) is 0 Å². The Morgan fingerprint density at radius 3 is 2.79 bits per heavy atom. The second-order valence-corrected chi connectivity index (χ2v) is 6.12. The van der Waals surface area contributed by atoms with Crippen molar-refractivity contribution in [2.45, 2.75) is 0 Å². The van der Waals surface area contributed by atoms with E-state index in [2.05, 4.69) is 10.3 Å². The molecule has 2 aromatic rings. The monoisotopic (exact) mass is 345 g/mol. The Hall–Kier alpha value is -2.44. The molecule has 0 radical (unpaired) electrons. The van der Waals surface area contributed by atoms with E-state index in [1.807, 2.05) is 19.0 Å². The minimum absolute atomic E-state index is 0.0353. The molecule has 124 valence electrons. The van der Waals surface area contributed by atoms with Crippen LogP contribution in [0.4, 0.5) is 0 Å². The maximum atomic E-state index is 12.5. The molecule has 0 spiro atoms. The van der Waals surface area contributed by atoms with Crippen LogP contribution < -0.4 is 5.32 Å². The molecular formula is C17H16ClN3O3. The van der Waals surface area contributed by atoms with Gasteiger partial charge in [0.15, 0.2) is 5.69 Å². The number of likely N-dealkylation sites (N-methyl/N-ethyl adjacent to an activating group) is 1. The molecular weight excluding hydrogens is 330 g/mol. The number of oxazole rings is 1. The highest BCUT2D eigenvalue weighted by atomic mass is 35.5. The van der Waals surface area contributed by atoms with Crippen LogP contribution in [0.3, 0.4) is 0 Å². The molecule has 0 aliphatic heterocycles. The number of nitrogens with zero attached hydrogens (tertiary/aromatic N) is 2. The van der Waals surface area contributed by atoms with Crippen molar-refractivity contribution in [3.8, 4) is 11.5 Å². The summed E-state index contributed by atoms with van der Waals surface area (Å²) in [5, 5.41) is 3.49. The van der Waals surface area contributed by atoms with Crippen LogP contribution in [0.25, 0.3) is 11.5 Å². The predicted octanol–water partition coefficient (Wildman–Crippen LogP) is 2.41. The summed E-state index contributed by atoms with van der Waals surface area (Å²) < 4.78 is 5.56. The number of benzene rings is 1. The van der Waals surface area contributed by atoms with E-state index in [9.17, 15) is 9.59 Å². The van der Waals surface area contributed by atoms with Crippen LogP contribution in [-0.4, -0.2) is 48.6 Å². The van der Waals surface area contributed by atoms with Crippen molar-refractivity contribution in [2.24, 2.45) is 0 Å². The zero-order chi connectivity index (χ0) is 17.3. The number of halogens is 1. The average Bonchev–Trinajstić information content (AvgIpc) is 2.98. The number of nitrogens with one attached hydrogen (secondary N) is 1. The smallest absolute Gasteiger partial charge is 0.246 e. The van der Waals surface area contributed by atoms with Gasteiger partial charge in [-0.1, -0.05) is 17.7 Å². The molecule has 0 amide bonds. The largest absolute Gasteiger partial charge is 0.432 e. The molecule has 1 N–H and O–H groups in total. The van der Waals surface area contributed by atoms with E-state index in [0.29, 0.717) is 17.1 Å². The summed E-state index contributed by atoms with van der Waals surface area (Å²) in [5.41, 5.74) is 0.871. The lowest BCUT2D eigenvalue weighted by molar-refractivity contribution is 0.0956. The number of carbonyl (C=O) groups is 2. The number of hydrogen-bond donors (Lipinski definition) is 1. The zero-order valence-electron chi connectivity index (χ0n) is 13.3. The molecule has 24 heavy (non-hydrogen) atoms. The minimum atomic E-state index is -0.371. The lowest BCUT2D eigenvalue weighted by Crippen LogP contribution is -2.31. The molecule has 0 fully saturated rings. The molecule has 0 unspecified atom stereocenters. The molecule has 0 atom stereocenters. The maximum Gasteiger partial charge on any atom is 0.246 e. The molecule has 0 bridgehead atoms. The standard InChI is InChI=1S/C17H16ClN3O3/c1-21(2)7-6-19-12-9-13(22)14-16(15(12)23)24-17(20-14)10-4-3-5-11(18)8-10/h3-5,8-9,19H,6-7H2,1-2H3. The third-order valence-electron chi connectivity index (χ3n) is 3.53. The summed E-state index contributed by atoms with van der Waals surface area (Å²) in [5.74, 6) is -0.560. The molecule has 0 saturated heterocycles. The van der Waals surface area contributed by atoms with Gasteiger partial charge in [0.2, 0.25) is 23.2 Å².